The van der Waals surface area contributed by atoms with Gasteiger partial charge < -0.3 is 16.0 Å². The number of aromatic amines is 1. The van der Waals surface area contributed by atoms with E-state index in [0.29, 0.717) is 33.6 Å². The van der Waals surface area contributed by atoms with Crippen LogP contribution < -0.4 is 11.1 Å². The fraction of sp³-hybridized carbons (Fsp3) is 0.0667. The predicted molar refractivity (Wildman–Crippen MR) is 76.9 cm³/mol. The summed E-state index contributed by atoms with van der Waals surface area (Å²) in [6, 6.07) is 4.10. The number of carbonyl (C=O) groups excluding carboxylic acids is 2. The largest absolute Gasteiger partial charge is 0.366 e. The molecule has 106 valence electrons. The highest BCUT2D eigenvalue weighted by molar-refractivity contribution is 6.34. The molecule has 0 unspecified atom stereocenters. The molecule has 1 aromatic heterocycles. The summed E-state index contributed by atoms with van der Waals surface area (Å²) in [5, 5.41) is 2.66. The first-order valence-corrected chi connectivity index (χ1v) is 6.28. The van der Waals surface area contributed by atoms with Crippen molar-refractivity contribution in [2.75, 3.05) is 5.32 Å². The number of hydrogen-bond acceptors (Lipinski definition) is 2. The maximum atomic E-state index is 13.4. The Morgan fingerprint density at radius 1 is 1.38 bits per heavy atom. The number of halogens is 1. The van der Waals surface area contributed by atoms with Gasteiger partial charge in [0.05, 0.1) is 11.1 Å². The van der Waals surface area contributed by atoms with E-state index in [-0.39, 0.29) is 5.91 Å². The maximum absolute atomic E-state index is 13.4. The number of rotatable bonds is 2. The van der Waals surface area contributed by atoms with Crippen LogP contribution in [0.5, 0.6) is 0 Å². The molecule has 0 fully saturated rings. The Morgan fingerprint density at radius 3 is 2.81 bits per heavy atom. The van der Waals surface area contributed by atoms with Gasteiger partial charge >= 0.3 is 0 Å². The van der Waals surface area contributed by atoms with Gasteiger partial charge in [-0.05, 0) is 36.8 Å². The summed E-state index contributed by atoms with van der Waals surface area (Å²) in [6.45, 7) is 1.72. The lowest BCUT2D eigenvalue weighted by Crippen LogP contribution is -2.11. The van der Waals surface area contributed by atoms with Crippen molar-refractivity contribution in [3.8, 4) is 0 Å². The van der Waals surface area contributed by atoms with E-state index in [1.165, 1.54) is 24.4 Å². The van der Waals surface area contributed by atoms with Crippen LogP contribution in [0.25, 0.3) is 11.6 Å². The molecule has 1 aliphatic heterocycles. The Kier molecular flexibility index (Phi) is 2.86. The fourth-order valence-electron chi connectivity index (χ4n) is 2.37. The standard InChI is InChI=1S/C15H12FN3O2/c1-7-11(14(17)20)6-18-13(7)5-10-9-4-8(16)2-3-12(9)19-15(10)21/h2-6,18H,1H3,(H2,17,20)(H,19,21)/b10-5-. The smallest absolute Gasteiger partial charge is 0.256 e. The van der Waals surface area contributed by atoms with Gasteiger partial charge in [0.25, 0.3) is 11.8 Å². The molecule has 0 radical (unpaired) electrons. The van der Waals surface area contributed by atoms with Crippen LogP contribution in [0.4, 0.5) is 10.1 Å². The summed E-state index contributed by atoms with van der Waals surface area (Å²) in [5.74, 6) is -1.28. The van der Waals surface area contributed by atoms with Gasteiger partial charge in [0.15, 0.2) is 0 Å². The normalized spacial score (nSPS) is 15.1. The van der Waals surface area contributed by atoms with Gasteiger partial charge in [-0.25, -0.2) is 4.39 Å². The molecule has 0 spiro atoms. The van der Waals surface area contributed by atoms with Crippen molar-refractivity contribution in [3.05, 3.63) is 52.6 Å². The number of benzene rings is 1. The summed E-state index contributed by atoms with van der Waals surface area (Å²) in [7, 11) is 0. The average Bonchev–Trinajstić information content (AvgIpc) is 2.93. The minimum absolute atomic E-state index is 0.315. The molecule has 3 rings (SSSR count). The highest BCUT2D eigenvalue weighted by Crippen LogP contribution is 2.33. The number of amides is 2. The van der Waals surface area contributed by atoms with Gasteiger partial charge in [0.2, 0.25) is 0 Å². The molecule has 4 N–H and O–H groups in total. The lowest BCUT2D eigenvalue weighted by molar-refractivity contribution is -0.110. The molecule has 2 aromatic rings. The summed E-state index contributed by atoms with van der Waals surface area (Å²) >= 11 is 0. The van der Waals surface area contributed by atoms with Gasteiger partial charge in [-0.2, -0.15) is 0 Å². The Bertz CT molecular complexity index is 805. The van der Waals surface area contributed by atoms with E-state index >= 15 is 0 Å². The molecule has 0 aliphatic carbocycles. The SMILES string of the molecule is Cc1c(C(N)=O)c[nH]c1/C=C1\C(=O)Nc2ccc(F)cc21. The second kappa shape index (κ2) is 4.59. The van der Waals surface area contributed by atoms with Crippen molar-refractivity contribution < 1.29 is 14.0 Å². The van der Waals surface area contributed by atoms with Gasteiger partial charge in [-0.3, -0.25) is 9.59 Å². The third-order valence-electron chi connectivity index (χ3n) is 3.50. The molecule has 5 nitrogen and oxygen atoms in total. The zero-order chi connectivity index (χ0) is 15.1. The highest BCUT2D eigenvalue weighted by atomic mass is 19.1. The number of carbonyl (C=O) groups is 2. The number of anilines is 1. The van der Waals surface area contributed by atoms with Crippen LogP contribution >= 0.6 is 0 Å². The molecule has 1 aliphatic rings. The Balaban J connectivity index is 2.11. The lowest BCUT2D eigenvalue weighted by atomic mass is 10.0. The van der Waals surface area contributed by atoms with Gasteiger partial charge in [-0.1, -0.05) is 0 Å². The Labute approximate surface area is 119 Å². The number of primary amides is 1. The summed E-state index contributed by atoms with van der Waals surface area (Å²) < 4.78 is 13.4. The average molecular weight is 285 g/mol. The summed E-state index contributed by atoms with van der Waals surface area (Å²) in [5.41, 5.74) is 8.24. The molecule has 0 atom stereocenters. The first-order chi connectivity index (χ1) is 9.97. The van der Waals surface area contributed by atoms with Crippen molar-refractivity contribution >= 4 is 29.2 Å². The number of nitrogens with one attached hydrogen (secondary N) is 2. The molecule has 0 bridgehead atoms. The van der Waals surface area contributed by atoms with E-state index in [2.05, 4.69) is 10.3 Å². The van der Waals surface area contributed by atoms with Crippen molar-refractivity contribution in [1.82, 2.24) is 4.98 Å². The van der Waals surface area contributed by atoms with Crippen molar-refractivity contribution in [2.45, 2.75) is 6.92 Å². The van der Waals surface area contributed by atoms with Crippen molar-refractivity contribution in [2.24, 2.45) is 5.73 Å². The van der Waals surface area contributed by atoms with E-state index in [4.69, 9.17) is 5.73 Å². The monoisotopic (exact) mass is 285 g/mol. The minimum atomic E-state index is -0.546. The van der Waals surface area contributed by atoms with Gasteiger partial charge in [0.1, 0.15) is 5.82 Å². The second-order valence-electron chi connectivity index (χ2n) is 4.81. The van der Waals surface area contributed by atoms with Gasteiger partial charge in [-0.15, -0.1) is 0 Å². The predicted octanol–water partition coefficient (Wildman–Crippen LogP) is 2.05. The molecule has 6 heteroatoms. The van der Waals surface area contributed by atoms with Crippen LogP contribution in [-0.4, -0.2) is 16.8 Å². The quantitative estimate of drug-likeness (QED) is 0.737. The number of aromatic nitrogens is 1. The van der Waals surface area contributed by atoms with Gasteiger partial charge in [0, 0.05) is 23.1 Å². The van der Waals surface area contributed by atoms with Crippen LogP contribution in [0.15, 0.2) is 24.4 Å². The second-order valence-corrected chi connectivity index (χ2v) is 4.81. The molecule has 0 saturated carbocycles. The number of fused-ring (bicyclic) bond motifs is 1. The molecule has 2 amide bonds. The maximum Gasteiger partial charge on any atom is 0.256 e. The minimum Gasteiger partial charge on any atom is -0.366 e. The molecular weight excluding hydrogens is 273 g/mol. The number of H-pyrrole nitrogens is 1. The van der Waals surface area contributed by atoms with Crippen LogP contribution in [0.3, 0.4) is 0 Å². The molecule has 1 aromatic carbocycles. The highest BCUT2D eigenvalue weighted by Gasteiger charge is 2.25. The van der Waals surface area contributed by atoms with Crippen molar-refractivity contribution in [3.63, 3.8) is 0 Å². The van der Waals surface area contributed by atoms with E-state index in [1.807, 2.05) is 0 Å². The molecule has 2 heterocycles. The third-order valence-corrected chi connectivity index (χ3v) is 3.50. The zero-order valence-electron chi connectivity index (χ0n) is 11.2. The van der Waals surface area contributed by atoms with E-state index in [0.717, 1.165) is 0 Å². The topological polar surface area (TPSA) is 88.0 Å². The zero-order valence-corrected chi connectivity index (χ0v) is 11.2. The molecule has 21 heavy (non-hydrogen) atoms. The van der Waals surface area contributed by atoms with Crippen LogP contribution in [-0.2, 0) is 4.79 Å². The van der Waals surface area contributed by atoms with Crippen LogP contribution in [0.1, 0.15) is 27.2 Å². The number of nitrogens with two attached hydrogens (primary N) is 1. The van der Waals surface area contributed by atoms with Crippen LogP contribution in [0, 0.1) is 12.7 Å². The first kappa shape index (κ1) is 13.1. The number of hydrogen-bond donors (Lipinski definition) is 3. The fourth-order valence-corrected chi connectivity index (χ4v) is 2.37. The molecular formula is C15H12FN3O2. The van der Waals surface area contributed by atoms with E-state index in [9.17, 15) is 14.0 Å². The third kappa shape index (κ3) is 2.10. The van der Waals surface area contributed by atoms with E-state index in [1.54, 1.807) is 13.0 Å². The molecule has 0 saturated heterocycles. The van der Waals surface area contributed by atoms with Crippen LogP contribution in [0.2, 0.25) is 0 Å². The Hall–Kier alpha value is -2.89. The van der Waals surface area contributed by atoms with E-state index < -0.39 is 11.7 Å². The first-order valence-electron chi connectivity index (χ1n) is 6.28. The lowest BCUT2D eigenvalue weighted by Gasteiger charge is -1.99. The Morgan fingerprint density at radius 2 is 2.14 bits per heavy atom. The summed E-state index contributed by atoms with van der Waals surface area (Å²) in [6.07, 6.45) is 3.08. The summed E-state index contributed by atoms with van der Waals surface area (Å²) in [4.78, 5) is 26.1. The van der Waals surface area contributed by atoms with Crippen molar-refractivity contribution in [1.29, 1.82) is 0 Å².